The van der Waals surface area contributed by atoms with Gasteiger partial charge in [-0.3, -0.25) is 0 Å². The molecule has 0 heterocycles. The highest BCUT2D eigenvalue weighted by atomic mass is 16.5. The molecule has 0 radical (unpaired) electrons. The van der Waals surface area contributed by atoms with Gasteiger partial charge >= 0.3 is 0 Å². The molecule has 2 aromatic carbocycles. The van der Waals surface area contributed by atoms with Gasteiger partial charge in [0, 0.05) is 13.1 Å². The molecule has 2 aromatic rings. The Hall–Kier alpha value is -2.04. The number of nitrogens with one attached hydrogen (secondary N) is 1. The molecule has 2 N–H and O–H groups in total. The number of hydrogen-bond donors (Lipinski definition) is 2. The van der Waals surface area contributed by atoms with Gasteiger partial charge in [0.1, 0.15) is 24.2 Å². The molecule has 22 heavy (non-hydrogen) atoms. The molecular formula is C18H23NO3. The summed E-state index contributed by atoms with van der Waals surface area (Å²) in [6.07, 6.45) is -0.549. The van der Waals surface area contributed by atoms with Crippen LogP contribution in [0.4, 0.5) is 0 Å². The Labute approximate surface area is 131 Å². The van der Waals surface area contributed by atoms with Crippen LogP contribution in [0.1, 0.15) is 11.1 Å². The minimum atomic E-state index is -0.549. The van der Waals surface area contributed by atoms with Gasteiger partial charge in [-0.25, -0.2) is 0 Å². The lowest BCUT2D eigenvalue weighted by Gasteiger charge is -2.13. The highest BCUT2D eigenvalue weighted by molar-refractivity contribution is 5.31. The first-order valence-corrected chi connectivity index (χ1v) is 7.38. The van der Waals surface area contributed by atoms with Crippen LogP contribution in [0.5, 0.6) is 11.5 Å². The number of ether oxygens (including phenoxy) is 2. The SMILES string of the molecule is COc1ccc(OCC(O)CNCc2ccc(C)cc2)cc1. The fourth-order valence-corrected chi connectivity index (χ4v) is 2.01. The average Bonchev–Trinajstić information content (AvgIpc) is 2.55. The van der Waals surface area contributed by atoms with E-state index in [0.717, 1.165) is 18.0 Å². The molecule has 1 atom stereocenters. The molecule has 0 fully saturated rings. The van der Waals surface area contributed by atoms with E-state index in [2.05, 4.69) is 36.5 Å². The Balaban J connectivity index is 1.66. The van der Waals surface area contributed by atoms with E-state index >= 15 is 0 Å². The maximum atomic E-state index is 9.92. The van der Waals surface area contributed by atoms with Crippen LogP contribution in [0.2, 0.25) is 0 Å². The third kappa shape index (κ3) is 5.39. The van der Waals surface area contributed by atoms with Crippen LogP contribution < -0.4 is 14.8 Å². The zero-order chi connectivity index (χ0) is 15.8. The van der Waals surface area contributed by atoms with Crippen molar-refractivity contribution in [3.8, 4) is 11.5 Å². The standard InChI is InChI=1S/C18H23NO3/c1-14-3-5-15(6-4-14)11-19-12-16(20)13-22-18-9-7-17(21-2)8-10-18/h3-10,16,19-20H,11-13H2,1-2H3. The molecule has 2 rings (SSSR count). The van der Waals surface area contributed by atoms with Crippen molar-refractivity contribution in [2.75, 3.05) is 20.3 Å². The van der Waals surface area contributed by atoms with E-state index < -0.39 is 6.10 Å². The molecule has 0 aliphatic heterocycles. The minimum absolute atomic E-state index is 0.257. The third-order valence-electron chi connectivity index (χ3n) is 3.33. The van der Waals surface area contributed by atoms with E-state index in [1.165, 1.54) is 11.1 Å². The lowest BCUT2D eigenvalue weighted by atomic mass is 10.1. The first-order valence-electron chi connectivity index (χ1n) is 7.38. The zero-order valence-corrected chi connectivity index (χ0v) is 13.1. The normalized spacial score (nSPS) is 12.0. The van der Waals surface area contributed by atoms with Gasteiger partial charge in [-0.1, -0.05) is 29.8 Å². The minimum Gasteiger partial charge on any atom is -0.497 e. The van der Waals surface area contributed by atoms with Crippen LogP contribution in [0.3, 0.4) is 0 Å². The number of methoxy groups -OCH3 is 1. The van der Waals surface area contributed by atoms with Gasteiger partial charge < -0.3 is 19.9 Å². The van der Waals surface area contributed by atoms with Gasteiger partial charge in [-0.05, 0) is 36.8 Å². The number of benzene rings is 2. The van der Waals surface area contributed by atoms with Crippen LogP contribution in [-0.4, -0.2) is 31.5 Å². The molecule has 0 aliphatic carbocycles. The predicted octanol–water partition coefficient (Wildman–Crippen LogP) is 2.53. The van der Waals surface area contributed by atoms with Crippen molar-refractivity contribution in [3.05, 3.63) is 59.7 Å². The lowest BCUT2D eigenvalue weighted by Crippen LogP contribution is -2.31. The summed E-state index contributed by atoms with van der Waals surface area (Å²) >= 11 is 0. The lowest BCUT2D eigenvalue weighted by molar-refractivity contribution is 0.106. The van der Waals surface area contributed by atoms with Crippen LogP contribution in [0, 0.1) is 6.92 Å². The molecule has 4 heteroatoms. The van der Waals surface area contributed by atoms with Crippen LogP contribution >= 0.6 is 0 Å². The molecule has 0 aliphatic rings. The number of rotatable bonds is 8. The molecule has 118 valence electrons. The maximum Gasteiger partial charge on any atom is 0.119 e. The van der Waals surface area contributed by atoms with Crippen molar-refractivity contribution in [1.82, 2.24) is 5.32 Å². The van der Waals surface area contributed by atoms with E-state index in [-0.39, 0.29) is 6.61 Å². The summed E-state index contributed by atoms with van der Waals surface area (Å²) in [5.74, 6) is 1.51. The summed E-state index contributed by atoms with van der Waals surface area (Å²) < 4.78 is 10.6. The molecular weight excluding hydrogens is 278 g/mol. The highest BCUT2D eigenvalue weighted by Crippen LogP contribution is 2.17. The highest BCUT2D eigenvalue weighted by Gasteiger charge is 2.05. The van der Waals surface area contributed by atoms with E-state index in [4.69, 9.17) is 9.47 Å². The Morgan fingerprint density at radius 3 is 2.27 bits per heavy atom. The molecule has 0 bridgehead atoms. The summed E-state index contributed by atoms with van der Waals surface area (Å²) in [5, 5.41) is 13.1. The second-order valence-corrected chi connectivity index (χ2v) is 5.26. The topological polar surface area (TPSA) is 50.7 Å². The van der Waals surface area contributed by atoms with Gasteiger partial charge in [0.25, 0.3) is 0 Å². The summed E-state index contributed by atoms with van der Waals surface area (Å²) in [7, 11) is 1.62. The summed E-state index contributed by atoms with van der Waals surface area (Å²) in [6, 6.07) is 15.6. The summed E-state index contributed by atoms with van der Waals surface area (Å²) in [4.78, 5) is 0. The van der Waals surface area contributed by atoms with Crippen LogP contribution in [0.25, 0.3) is 0 Å². The van der Waals surface area contributed by atoms with Gasteiger partial charge in [0.05, 0.1) is 7.11 Å². The largest absolute Gasteiger partial charge is 0.497 e. The number of hydrogen-bond acceptors (Lipinski definition) is 4. The van der Waals surface area contributed by atoms with E-state index in [1.807, 2.05) is 24.3 Å². The Morgan fingerprint density at radius 1 is 1.00 bits per heavy atom. The summed E-state index contributed by atoms with van der Waals surface area (Å²) in [5.41, 5.74) is 2.45. The van der Waals surface area contributed by atoms with E-state index in [9.17, 15) is 5.11 Å². The van der Waals surface area contributed by atoms with Crippen LogP contribution in [0.15, 0.2) is 48.5 Å². The van der Waals surface area contributed by atoms with Crippen molar-refractivity contribution in [2.24, 2.45) is 0 Å². The number of aliphatic hydroxyl groups is 1. The summed E-state index contributed by atoms with van der Waals surface area (Å²) in [6.45, 7) is 3.55. The monoisotopic (exact) mass is 301 g/mol. The Kier molecular flexibility index (Phi) is 6.25. The first kappa shape index (κ1) is 16.3. The fraction of sp³-hybridized carbons (Fsp3) is 0.333. The van der Waals surface area contributed by atoms with E-state index in [0.29, 0.717) is 6.54 Å². The molecule has 0 saturated heterocycles. The van der Waals surface area contributed by atoms with Crippen molar-refractivity contribution in [3.63, 3.8) is 0 Å². The van der Waals surface area contributed by atoms with Crippen molar-refractivity contribution >= 4 is 0 Å². The molecule has 4 nitrogen and oxygen atoms in total. The van der Waals surface area contributed by atoms with Gasteiger partial charge in [-0.15, -0.1) is 0 Å². The molecule has 0 aromatic heterocycles. The number of aryl methyl sites for hydroxylation is 1. The Bertz CT molecular complexity index is 552. The van der Waals surface area contributed by atoms with E-state index in [1.54, 1.807) is 7.11 Å². The predicted molar refractivity (Wildman–Crippen MR) is 87.4 cm³/mol. The van der Waals surface area contributed by atoms with Gasteiger partial charge in [0.15, 0.2) is 0 Å². The van der Waals surface area contributed by atoms with Crippen LogP contribution in [-0.2, 0) is 6.54 Å². The number of aliphatic hydroxyl groups excluding tert-OH is 1. The van der Waals surface area contributed by atoms with Crippen molar-refractivity contribution in [2.45, 2.75) is 19.6 Å². The first-order chi connectivity index (χ1) is 10.7. The fourth-order valence-electron chi connectivity index (χ4n) is 2.01. The van der Waals surface area contributed by atoms with Crippen molar-refractivity contribution in [1.29, 1.82) is 0 Å². The molecule has 0 saturated carbocycles. The maximum absolute atomic E-state index is 9.92. The smallest absolute Gasteiger partial charge is 0.119 e. The second-order valence-electron chi connectivity index (χ2n) is 5.26. The third-order valence-corrected chi connectivity index (χ3v) is 3.33. The molecule has 1 unspecified atom stereocenters. The van der Waals surface area contributed by atoms with Gasteiger partial charge in [-0.2, -0.15) is 0 Å². The van der Waals surface area contributed by atoms with Gasteiger partial charge in [0.2, 0.25) is 0 Å². The zero-order valence-electron chi connectivity index (χ0n) is 13.1. The molecule has 0 amide bonds. The average molecular weight is 301 g/mol. The Morgan fingerprint density at radius 2 is 1.64 bits per heavy atom. The molecule has 0 spiro atoms. The second kappa shape index (κ2) is 8.41. The van der Waals surface area contributed by atoms with Crippen molar-refractivity contribution < 1.29 is 14.6 Å². The quantitative estimate of drug-likeness (QED) is 0.787.